The van der Waals surface area contributed by atoms with Crippen LogP contribution < -0.4 is 5.32 Å². The highest BCUT2D eigenvalue weighted by atomic mass is 16.4. The van der Waals surface area contributed by atoms with Crippen molar-refractivity contribution in [3.05, 3.63) is 0 Å². The van der Waals surface area contributed by atoms with Crippen molar-refractivity contribution >= 4 is 12.0 Å². The number of carboxylic acids is 1. The second-order valence-electron chi connectivity index (χ2n) is 6.92. The van der Waals surface area contributed by atoms with E-state index < -0.39 is 5.97 Å². The van der Waals surface area contributed by atoms with E-state index in [2.05, 4.69) is 12.2 Å². The number of rotatable bonds is 3. The van der Waals surface area contributed by atoms with Gasteiger partial charge in [0.25, 0.3) is 0 Å². The highest BCUT2D eigenvalue weighted by Gasteiger charge is 2.52. The van der Waals surface area contributed by atoms with Crippen molar-refractivity contribution in [3.63, 3.8) is 0 Å². The summed E-state index contributed by atoms with van der Waals surface area (Å²) in [5.74, 6) is -0.484. The smallest absolute Gasteiger partial charge is 0.317 e. The van der Waals surface area contributed by atoms with E-state index in [1.807, 2.05) is 4.90 Å². The van der Waals surface area contributed by atoms with Crippen LogP contribution >= 0.6 is 0 Å². The molecular formula is C16H26N2O3. The summed E-state index contributed by atoms with van der Waals surface area (Å²) < 4.78 is 0. The Labute approximate surface area is 126 Å². The van der Waals surface area contributed by atoms with Crippen molar-refractivity contribution in [2.75, 3.05) is 6.54 Å². The molecule has 0 spiro atoms. The van der Waals surface area contributed by atoms with Crippen molar-refractivity contribution < 1.29 is 14.7 Å². The summed E-state index contributed by atoms with van der Waals surface area (Å²) in [6.45, 7) is 2.93. The minimum Gasteiger partial charge on any atom is -0.481 e. The van der Waals surface area contributed by atoms with Gasteiger partial charge in [0.2, 0.25) is 0 Å². The Morgan fingerprint density at radius 1 is 1.19 bits per heavy atom. The van der Waals surface area contributed by atoms with Gasteiger partial charge < -0.3 is 15.3 Å². The molecule has 3 aliphatic rings. The topological polar surface area (TPSA) is 69.6 Å². The number of urea groups is 1. The molecule has 0 radical (unpaired) electrons. The lowest BCUT2D eigenvalue weighted by atomic mass is 9.84. The summed E-state index contributed by atoms with van der Waals surface area (Å²) in [4.78, 5) is 26.0. The first kappa shape index (κ1) is 14.7. The molecule has 118 valence electrons. The van der Waals surface area contributed by atoms with Crippen molar-refractivity contribution in [1.29, 1.82) is 0 Å². The number of nitrogens with zero attached hydrogens (tertiary/aromatic N) is 1. The number of likely N-dealkylation sites (tertiary alicyclic amines) is 1. The molecule has 5 atom stereocenters. The number of carbonyl (C=O) groups excluding carboxylic acids is 1. The van der Waals surface area contributed by atoms with Crippen LogP contribution in [0.2, 0.25) is 0 Å². The van der Waals surface area contributed by atoms with Crippen molar-refractivity contribution in [1.82, 2.24) is 10.2 Å². The van der Waals surface area contributed by atoms with Gasteiger partial charge in [-0.05, 0) is 56.8 Å². The first-order valence-electron chi connectivity index (χ1n) is 8.41. The average molecular weight is 294 g/mol. The zero-order chi connectivity index (χ0) is 15.0. The van der Waals surface area contributed by atoms with Gasteiger partial charge in [-0.1, -0.05) is 6.92 Å². The number of hydrogen-bond donors (Lipinski definition) is 2. The van der Waals surface area contributed by atoms with Crippen LogP contribution in [-0.4, -0.2) is 40.6 Å². The molecule has 3 rings (SSSR count). The lowest BCUT2D eigenvalue weighted by molar-refractivity contribution is -0.144. The standard InChI is InChI=1S/C16H26N2O3/c1-2-12-5-3-4-8-18(12)16(21)17-14-11-7-6-10(9-11)13(14)15(19)20/h10-14H,2-9H2,1H3,(H,17,21)(H,19,20). The van der Waals surface area contributed by atoms with E-state index in [-0.39, 0.29) is 23.9 Å². The normalized spacial score (nSPS) is 38.5. The Morgan fingerprint density at radius 2 is 1.95 bits per heavy atom. The number of carboxylic acid groups (broad SMARTS) is 1. The van der Waals surface area contributed by atoms with Crippen LogP contribution in [0, 0.1) is 17.8 Å². The van der Waals surface area contributed by atoms with Crippen LogP contribution in [0.15, 0.2) is 0 Å². The molecular weight excluding hydrogens is 268 g/mol. The third-order valence-electron chi connectivity index (χ3n) is 5.85. The van der Waals surface area contributed by atoms with E-state index >= 15 is 0 Å². The van der Waals surface area contributed by atoms with Crippen LogP contribution in [0.3, 0.4) is 0 Å². The number of fused-ring (bicyclic) bond motifs is 2. The van der Waals surface area contributed by atoms with Gasteiger partial charge in [-0.3, -0.25) is 4.79 Å². The molecule has 5 heteroatoms. The molecule has 1 aliphatic heterocycles. The molecule has 5 nitrogen and oxygen atoms in total. The Morgan fingerprint density at radius 3 is 2.67 bits per heavy atom. The van der Waals surface area contributed by atoms with Gasteiger partial charge in [0.05, 0.1) is 5.92 Å². The monoisotopic (exact) mass is 294 g/mol. The maximum atomic E-state index is 12.6. The number of nitrogens with one attached hydrogen (secondary N) is 1. The van der Waals surface area contributed by atoms with Gasteiger partial charge in [0, 0.05) is 18.6 Å². The molecule has 2 bridgehead atoms. The highest BCUT2D eigenvalue weighted by molar-refractivity contribution is 5.78. The van der Waals surface area contributed by atoms with Crippen LogP contribution in [0.25, 0.3) is 0 Å². The fourth-order valence-corrected chi connectivity index (χ4v) is 4.77. The number of amides is 2. The van der Waals surface area contributed by atoms with Gasteiger partial charge in [0.15, 0.2) is 0 Å². The zero-order valence-electron chi connectivity index (χ0n) is 12.8. The third kappa shape index (κ3) is 2.62. The predicted octanol–water partition coefficient (Wildman–Crippen LogP) is 2.46. The largest absolute Gasteiger partial charge is 0.481 e. The Kier molecular flexibility index (Phi) is 4.09. The molecule has 1 saturated heterocycles. The fourth-order valence-electron chi connectivity index (χ4n) is 4.77. The van der Waals surface area contributed by atoms with Crippen LogP contribution in [0.5, 0.6) is 0 Å². The van der Waals surface area contributed by atoms with E-state index in [0.29, 0.717) is 12.0 Å². The molecule has 2 amide bonds. The molecule has 0 aromatic heterocycles. The van der Waals surface area contributed by atoms with E-state index in [0.717, 1.165) is 45.1 Å². The third-order valence-corrected chi connectivity index (χ3v) is 5.85. The summed E-state index contributed by atoms with van der Waals surface area (Å²) >= 11 is 0. The second-order valence-corrected chi connectivity index (χ2v) is 6.92. The minimum absolute atomic E-state index is 0.0367. The maximum Gasteiger partial charge on any atom is 0.317 e. The summed E-state index contributed by atoms with van der Waals surface area (Å²) in [6.07, 6.45) is 7.34. The van der Waals surface area contributed by atoms with Crippen molar-refractivity contribution in [2.24, 2.45) is 17.8 Å². The van der Waals surface area contributed by atoms with Gasteiger partial charge in [-0.15, -0.1) is 0 Å². The molecule has 1 heterocycles. The Hall–Kier alpha value is -1.26. The maximum absolute atomic E-state index is 12.6. The Bertz CT molecular complexity index is 426. The number of hydrogen-bond acceptors (Lipinski definition) is 2. The number of aliphatic carboxylic acids is 1. The lowest BCUT2D eigenvalue weighted by Gasteiger charge is -2.37. The molecule has 2 aliphatic carbocycles. The van der Waals surface area contributed by atoms with Gasteiger partial charge in [0.1, 0.15) is 0 Å². The van der Waals surface area contributed by atoms with Crippen molar-refractivity contribution in [3.8, 4) is 0 Å². The highest BCUT2D eigenvalue weighted by Crippen LogP contribution is 2.48. The quantitative estimate of drug-likeness (QED) is 0.840. The average Bonchev–Trinajstić information content (AvgIpc) is 3.08. The van der Waals surface area contributed by atoms with Crippen LogP contribution in [-0.2, 0) is 4.79 Å². The van der Waals surface area contributed by atoms with Crippen molar-refractivity contribution in [2.45, 2.75) is 64.0 Å². The van der Waals surface area contributed by atoms with Gasteiger partial charge in [-0.2, -0.15) is 0 Å². The summed E-state index contributed by atoms with van der Waals surface area (Å²) in [5.41, 5.74) is 0. The first-order valence-corrected chi connectivity index (χ1v) is 8.41. The van der Waals surface area contributed by atoms with Crippen LogP contribution in [0.4, 0.5) is 4.79 Å². The van der Waals surface area contributed by atoms with E-state index in [1.54, 1.807) is 0 Å². The summed E-state index contributed by atoms with van der Waals surface area (Å²) in [7, 11) is 0. The summed E-state index contributed by atoms with van der Waals surface area (Å²) in [6, 6.07) is 0.124. The minimum atomic E-state index is -0.738. The Balaban J connectivity index is 1.67. The number of carbonyl (C=O) groups is 2. The second kappa shape index (κ2) is 5.85. The molecule has 21 heavy (non-hydrogen) atoms. The molecule has 0 aromatic carbocycles. The first-order chi connectivity index (χ1) is 10.1. The van der Waals surface area contributed by atoms with E-state index in [9.17, 15) is 14.7 Å². The zero-order valence-corrected chi connectivity index (χ0v) is 12.8. The molecule has 2 saturated carbocycles. The lowest BCUT2D eigenvalue weighted by Crippen LogP contribution is -2.54. The van der Waals surface area contributed by atoms with E-state index in [1.165, 1.54) is 6.42 Å². The SMILES string of the molecule is CCC1CCCCN1C(=O)NC1C2CCC(C2)C1C(=O)O. The molecule has 2 N–H and O–H groups in total. The van der Waals surface area contributed by atoms with E-state index in [4.69, 9.17) is 0 Å². The molecule has 0 aromatic rings. The summed E-state index contributed by atoms with van der Waals surface area (Å²) in [5, 5.41) is 12.5. The van der Waals surface area contributed by atoms with Gasteiger partial charge >= 0.3 is 12.0 Å². The van der Waals surface area contributed by atoms with Gasteiger partial charge in [-0.25, -0.2) is 4.79 Å². The molecule has 3 fully saturated rings. The van der Waals surface area contributed by atoms with Crippen LogP contribution in [0.1, 0.15) is 51.9 Å². The number of piperidine rings is 1. The predicted molar refractivity (Wildman–Crippen MR) is 78.9 cm³/mol. The fraction of sp³-hybridized carbons (Fsp3) is 0.875. The molecule has 5 unspecified atom stereocenters.